The molecule has 2 atom stereocenters. The van der Waals surface area contributed by atoms with Crippen molar-refractivity contribution in [3.05, 3.63) is 53.1 Å². The van der Waals surface area contributed by atoms with E-state index >= 15 is 0 Å². The van der Waals surface area contributed by atoms with E-state index in [-0.39, 0.29) is 12.1 Å². The Bertz CT molecular complexity index is 964. The van der Waals surface area contributed by atoms with Crippen LogP contribution >= 0.6 is 0 Å². The van der Waals surface area contributed by atoms with E-state index in [0.717, 1.165) is 26.4 Å². The number of fused-ring (bicyclic) bond motifs is 1. The standard InChI is InChI=1S/C19H20F2N4O5/c1-29-15(26)8-14(18(27)30-2)24-19(28)25-6-5-13-16(23-9-22-13)17(25)11-4-3-10(20)7-12(11)21/h3-4,7,9,14,17H,5-6,8H2,1-2H3,(H,22,23)(H,24,28)/t14-,17-/m1/s1. The summed E-state index contributed by atoms with van der Waals surface area (Å²) in [6, 6.07) is 0.0547. The number of carbonyl (C=O) groups excluding carboxylic acids is 3. The molecule has 2 heterocycles. The van der Waals surface area contributed by atoms with Gasteiger partial charge in [-0.3, -0.25) is 4.79 Å². The number of nitrogens with one attached hydrogen (secondary N) is 2. The maximum Gasteiger partial charge on any atom is 0.329 e. The number of imidazole rings is 1. The Morgan fingerprint density at radius 1 is 1.30 bits per heavy atom. The van der Waals surface area contributed by atoms with Crippen LogP contribution in [0.25, 0.3) is 0 Å². The van der Waals surface area contributed by atoms with E-state index in [9.17, 15) is 23.2 Å². The van der Waals surface area contributed by atoms with E-state index in [0.29, 0.717) is 17.8 Å². The Labute approximate surface area is 170 Å². The molecule has 0 saturated heterocycles. The van der Waals surface area contributed by atoms with E-state index in [2.05, 4.69) is 24.8 Å². The fraction of sp³-hybridized carbons (Fsp3) is 0.368. The van der Waals surface area contributed by atoms with Gasteiger partial charge in [0.1, 0.15) is 23.7 Å². The van der Waals surface area contributed by atoms with E-state index in [1.807, 2.05) is 0 Å². The van der Waals surface area contributed by atoms with Gasteiger partial charge in [0, 0.05) is 30.3 Å². The van der Waals surface area contributed by atoms with Crippen molar-refractivity contribution < 1.29 is 32.6 Å². The van der Waals surface area contributed by atoms with Gasteiger partial charge in [0.15, 0.2) is 0 Å². The lowest BCUT2D eigenvalue weighted by atomic mass is 9.95. The van der Waals surface area contributed by atoms with Crippen molar-refractivity contribution >= 4 is 18.0 Å². The zero-order chi connectivity index (χ0) is 21.8. The van der Waals surface area contributed by atoms with E-state index < -0.39 is 48.1 Å². The third-order valence-corrected chi connectivity index (χ3v) is 4.82. The maximum absolute atomic E-state index is 14.6. The van der Waals surface area contributed by atoms with Crippen molar-refractivity contribution in [2.75, 3.05) is 20.8 Å². The first-order valence-electron chi connectivity index (χ1n) is 9.04. The summed E-state index contributed by atoms with van der Waals surface area (Å²) in [5.41, 5.74) is 1.17. The molecular weight excluding hydrogens is 402 g/mol. The smallest absolute Gasteiger partial charge is 0.329 e. The van der Waals surface area contributed by atoms with Crippen LogP contribution < -0.4 is 5.32 Å². The Morgan fingerprint density at radius 2 is 2.07 bits per heavy atom. The quantitative estimate of drug-likeness (QED) is 0.705. The highest BCUT2D eigenvalue weighted by molar-refractivity contribution is 5.87. The third kappa shape index (κ3) is 4.24. The highest BCUT2D eigenvalue weighted by atomic mass is 19.1. The predicted octanol–water partition coefficient (Wildman–Crippen LogP) is 1.45. The normalized spacial score (nSPS) is 16.4. The molecule has 0 fully saturated rings. The molecule has 2 N–H and O–H groups in total. The average Bonchev–Trinajstić information content (AvgIpc) is 3.21. The molecule has 2 amide bonds. The molecule has 0 unspecified atom stereocenters. The number of rotatable bonds is 5. The average molecular weight is 422 g/mol. The molecule has 1 aromatic heterocycles. The highest BCUT2D eigenvalue weighted by Gasteiger charge is 2.37. The lowest BCUT2D eigenvalue weighted by molar-refractivity contribution is -0.149. The molecule has 0 spiro atoms. The number of hydrogen-bond acceptors (Lipinski definition) is 6. The summed E-state index contributed by atoms with van der Waals surface area (Å²) >= 11 is 0. The van der Waals surface area contributed by atoms with Gasteiger partial charge in [-0.2, -0.15) is 0 Å². The molecule has 0 saturated carbocycles. The molecule has 2 aromatic rings. The Morgan fingerprint density at radius 3 is 2.73 bits per heavy atom. The molecule has 0 bridgehead atoms. The van der Waals surface area contributed by atoms with Crippen molar-refractivity contribution in [3.63, 3.8) is 0 Å². The number of benzene rings is 1. The predicted molar refractivity (Wildman–Crippen MR) is 98.2 cm³/mol. The van der Waals surface area contributed by atoms with E-state index in [1.165, 1.54) is 17.3 Å². The van der Waals surface area contributed by atoms with Crippen LogP contribution in [0.2, 0.25) is 0 Å². The molecular formula is C19H20F2N4O5. The number of aromatic amines is 1. The van der Waals surface area contributed by atoms with Crippen LogP contribution in [0.3, 0.4) is 0 Å². The van der Waals surface area contributed by atoms with Crippen LogP contribution in [0.4, 0.5) is 13.6 Å². The molecule has 1 aromatic carbocycles. The van der Waals surface area contributed by atoms with Crippen LogP contribution in [0.15, 0.2) is 24.5 Å². The largest absolute Gasteiger partial charge is 0.469 e. The first-order valence-corrected chi connectivity index (χ1v) is 9.04. The van der Waals surface area contributed by atoms with Crippen molar-refractivity contribution in [3.8, 4) is 0 Å². The summed E-state index contributed by atoms with van der Waals surface area (Å²) in [4.78, 5) is 45.0. The lowest BCUT2D eigenvalue weighted by Gasteiger charge is -2.36. The van der Waals surface area contributed by atoms with E-state index in [1.54, 1.807) is 0 Å². The van der Waals surface area contributed by atoms with Gasteiger partial charge in [-0.15, -0.1) is 0 Å². The van der Waals surface area contributed by atoms with Crippen molar-refractivity contribution in [1.29, 1.82) is 0 Å². The van der Waals surface area contributed by atoms with Gasteiger partial charge in [-0.1, -0.05) is 6.07 Å². The number of carbonyl (C=O) groups is 3. The van der Waals surface area contributed by atoms with Crippen LogP contribution in [0.1, 0.15) is 29.4 Å². The molecule has 1 aliphatic heterocycles. The van der Waals surface area contributed by atoms with Gasteiger partial charge < -0.3 is 24.7 Å². The number of amides is 2. The molecule has 160 valence electrons. The number of H-pyrrole nitrogens is 1. The summed E-state index contributed by atoms with van der Waals surface area (Å²) in [5.74, 6) is -3.15. The van der Waals surface area contributed by atoms with Gasteiger partial charge >= 0.3 is 18.0 Å². The monoisotopic (exact) mass is 422 g/mol. The van der Waals surface area contributed by atoms with Crippen LogP contribution in [-0.2, 0) is 25.5 Å². The number of urea groups is 1. The van der Waals surface area contributed by atoms with Crippen molar-refractivity contribution in [2.24, 2.45) is 0 Å². The SMILES string of the molecule is COC(=O)C[C@@H](NC(=O)N1CCc2[nH]cnc2[C@H]1c1ccc(F)cc1F)C(=O)OC. The topological polar surface area (TPSA) is 114 Å². The Kier molecular flexibility index (Phi) is 6.28. The summed E-state index contributed by atoms with van der Waals surface area (Å²) < 4.78 is 37.2. The third-order valence-electron chi connectivity index (χ3n) is 4.82. The number of esters is 2. The van der Waals surface area contributed by atoms with Crippen molar-refractivity contribution in [1.82, 2.24) is 20.2 Å². The highest BCUT2D eigenvalue weighted by Crippen LogP contribution is 2.34. The fourth-order valence-electron chi connectivity index (χ4n) is 3.35. The fourth-order valence-corrected chi connectivity index (χ4v) is 3.35. The summed E-state index contributed by atoms with van der Waals surface area (Å²) in [6.07, 6.45) is 1.39. The van der Waals surface area contributed by atoms with Gasteiger partial charge in [-0.25, -0.2) is 23.4 Å². The first-order chi connectivity index (χ1) is 14.3. The Balaban J connectivity index is 1.93. The molecule has 0 radical (unpaired) electrons. The minimum Gasteiger partial charge on any atom is -0.469 e. The van der Waals surface area contributed by atoms with Gasteiger partial charge in [0.25, 0.3) is 0 Å². The Hall–Kier alpha value is -3.50. The first kappa shape index (κ1) is 21.2. The van der Waals surface area contributed by atoms with Gasteiger partial charge in [0.05, 0.1) is 32.7 Å². The van der Waals surface area contributed by atoms with Crippen LogP contribution in [0.5, 0.6) is 0 Å². The maximum atomic E-state index is 14.6. The molecule has 3 rings (SSSR count). The second kappa shape index (κ2) is 8.89. The van der Waals surface area contributed by atoms with Crippen LogP contribution in [0, 0.1) is 11.6 Å². The zero-order valence-corrected chi connectivity index (χ0v) is 16.3. The molecule has 0 aliphatic carbocycles. The number of halogens is 2. The molecule has 9 nitrogen and oxygen atoms in total. The van der Waals surface area contributed by atoms with Gasteiger partial charge in [0.2, 0.25) is 0 Å². The number of ether oxygens (including phenoxy) is 2. The summed E-state index contributed by atoms with van der Waals surface area (Å²) in [7, 11) is 2.27. The minimum atomic E-state index is -1.30. The number of hydrogen-bond donors (Lipinski definition) is 2. The number of methoxy groups -OCH3 is 2. The van der Waals surface area contributed by atoms with E-state index in [4.69, 9.17) is 0 Å². The van der Waals surface area contributed by atoms with Gasteiger partial charge in [-0.05, 0) is 6.07 Å². The molecule has 1 aliphatic rings. The summed E-state index contributed by atoms with van der Waals surface area (Å²) in [5, 5.41) is 2.43. The van der Waals surface area contributed by atoms with Crippen molar-refractivity contribution in [2.45, 2.75) is 24.9 Å². The second-order valence-electron chi connectivity index (χ2n) is 6.58. The minimum absolute atomic E-state index is 0.0437. The lowest BCUT2D eigenvalue weighted by Crippen LogP contribution is -2.52. The number of aromatic nitrogens is 2. The van der Waals surface area contributed by atoms with Crippen LogP contribution in [-0.4, -0.2) is 59.6 Å². The number of nitrogens with zero attached hydrogens (tertiary/aromatic N) is 2. The zero-order valence-electron chi connectivity index (χ0n) is 16.3. The molecule has 11 heteroatoms. The second-order valence-corrected chi connectivity index (χ2v) is 6.58. The summed E-state index contributed by atoms with van der Waals surface area (Å²) in [6.45, 7) is 0.161. The molecule has 30 heavy (non-hydrogen) atoms.